The summed E-state index contributed by atoms with van der Waals surface area (Å²) in [5.74, 6) is 0.899. The standard InChI is InChI=1S/C15H18O2S/c1-11-10-13(12(2)16)5-6-15(11)17-8-7-14-4-3-9-18-14/h3-6,9-10,12,16H,7-8H2,1-2H3. The zero-order valence-electron chi connectivity index (χ0n) is 10.7. The Morgan fingerprint density at radius 1 is 1.33 bits per heavy atom. The van der Waals surface area contributed by atoms with Crippen LogP contribution in [0.1, 0.15) is 29.0 Å². The molecule has 1 N–H and O–H groups in total. The van der Waals surface area contributed by atoms with E-state index in [1.54, 1.807) is 18.3 Å². The van der Waals surface area contributed by atoms with Crippen molar-refractivity contribution in [3.05, 3.63) is 51.7 Å². The molecule has 0 saturated carbocycles. The summed E-state index contributed by atoms with van der Waals surface area (Å²) >= 11 is 1.76. The van der Waals surface area contributed by atoms with E-state index in [4.69, 9.17) is 4.74 Å². The van der Waals surface area contributed by atoms with E-state index in [-0.39, 0.29) is 0 Å². The van der Waals surface area contributed by atoms with Gasteiger partial charge in [-0.05, 0) is 48.6 Å². The molecule has 2 aromatic rings. The third-order valence-corrected chi connectivity index (χ3v) is 3.80. The zero-order chi connectivity index (χ0) is 13.0. The lowest BCUT2D eigenvalue weighted by Gasteiger charge is -2.11. The molecule has 2 rings (SSSR count). The van der Waals surface area contributed by atoms with Crippen molar-refractivity contribution in [2.75, 3.05) is 6.61 Å². The summed E-state index contributed by atoms with van der Waals surface area (Å²) in [6.45, 7) is 4.47. The smallest absolute Gasteiger partial charge is 0.122 e. The van der Waals surface area contributed by atoms with Crippen molar-refractivity contribution < 1.29 is 9.84 Å². The third kappa shape index (κ3) is 3.34. The maximum absolute atomic E-state index is 9.50. The van der Waals surface area contributed by atoms with E-state index in [0.29, 0.717) is 6.61 Å². The first kappa shape index (κ1) is 13.1. The van der Waals surface area contributed by atoms with Gasteiger partial charge in [-0.3, -0.25) is 0 Å². The molecule has 96 valence electrons. The van der Waals surface area contributed by atoms with Gasteiger partial charge in [-0.25, -0.2) is 0 Å². The molecule has 0 aliphatic heterocycles. The molecule has 0 fully saturated rings. The fraction of sp³-hybridized carbons (Fsp3) is 0.333. The summed E-state index contributed by atoms with van der Waals surface area (Å²) in [7, 11) is 0. The highest BCUT2D eigenvalue weighted by Crippen LogP contribution is 2.23. The Morgan fingerprint density at radius 2 is 2.17 bits per heavy atom. The Morgan fingerprint density at radius 3 is 2.78 bits per heavy atom. The highest BCUT2D eigenvalue weighted by Gasteiger charge is 2.05. The highest BCUT2D eigenvalue weighted by molar-refractivity contribution is 7.09. The number of aryl methyl sites for hydroxylation is 1. The van der Waals surface area contributed by atoms with Gasteiger partial charge in [-0.1, -0.05) is 12.1 Å². The third-order valence-electron chi connectivity index (χ3n) is 2.87. The second-order valence-corrected chi connectivity index (χ2v) is 5.41. The van der Waals surface area contributed by atoms with Crippen LogP contribution in [0.4, 0.5) is 0 Å². The van der Waals surface area contributed by atoms with Gasteiger partial charge in [0.1, 0.15) is 5.75 Å². The van der Waals surface area contributed by atoms with E-state index in [9.17, 15) is 5.11 Å². The number of rotatable bonds is 5. The zero-order valence-corrected chi connectivity index (χ0v) is 11.5. The van der Waals surface area contributed by atoms with Crippen molar-refractivity contribution in [2.24, 2.45) is 0 Å². The lowest BCUT2D eigenvalue weighted by atomic mass is 10.1. The SMILES string of the molecule is Cc1cc(C(C)O)ccc1OCCc1cccs1. The number of thiophene rings is 1. The van der Waals surface area contributed by atoms with Gasteiger partial charge in [0, 0.05) is 11.3 Å². The minimum absolute atomic E-state index is 0.427. The molecule has 1 heterocycles. The minimum Gasteiger partial charge on any atom is -0.493 e. The maximum atomic E-state index is 9.50. The molecule has 18 heavy (non-hydrogen) atoms. The van der Waals surface area contributed by atoms with Gasteiger partial charge in [-0.2, -0.15) is 0 Å². The minimum atomic E-state index is -0.427. The summed E-state index contributed by atoms with van der Waals surface area (Å²) in [5.41, 5.74) is 2.00. The van der Waals surface area contributed by atoms with E-state index in [1.165, 1.54) is 4.88 Å². The van der Waals surface area contributed by atoms with Crippen LogP contribution in [0, 0.1) is 6.92 Å². The maximum Gasteiger partial charge on any atom is 0.122 e. The average molecular weight is 262 g/mol. The van der Waals surface area contributed by atoms with Crippen LogP contribution in [-0.4, -0.2) is 11.7 Å². The van der Waals surface area contributed by atoms with Crippen molar-refractivity contribution in [1.82, 2.24) is 0 Å². The Labute approximate surface area is 112 Å². The topological polar surface area (TPSA) is 29.5 Å². The van der Waals surface area contributed by atoms with Crippen LogP contribution >= 0.6 is 11.3 Å². The molecule has 1 atom stereocenters. The first-order chi connectivity index (χ1) is 8.66. The Bertz CT molecular complexity index is 489. The second-order valence-electron chi connectivity index (χ2n) is 4.38. The van der Waals surface area contributed by atoms with Crippen molar-refractivity contribution in [3.63, 3.8) is 0 Å². The van der Waals surface area contributed by atoms with Gasteiger partial charge >= 0.3 is 0 Å². The lowest BCUT2D eigenvalue weighted by Crippen LogP contribution is -2.02. The molecule has 2 nitrogen and oxygen atoms in total. The van der Waals surface area contributed by atoms with Gasteiger partial charge in [0.2, 0.25) is 0 Å². The molecule has 3 heteroatoms. The van der Waals surface area contributed by atoms with E-state index >= 15 is 0 Å². The van der Waals surface area contributed by atoms with Crippen LogP contribution in [-0.2, 0) is 6.42 Å². The second kappa shape index (κ2) is 6.03. The Hall–Kier alpha value is -1.32. The summed E-state index contributed by atoms with van der Waals surface area (Å²) in [6.07, 6.45) is 0.513. The predicted molar refractivity (Wildman–Crippen MR) is 75.3 cm³/mol. The first-order valence-electron chi connectivity index (χ1n) is 6.10. The van der Waals surface area contributed by atoms with Crippen LogP contribution < -0.4 is 4.74 Å². The number of hydrogen-bond acceptors (Lipinski definition) is 3. The molecule has 0 bridgehead atoms. The quantitative estimate of drug-likeness (QED) is 0.889. The summed E-state index contributed by atoms with van der Waals surface area (Å²) in [5, 5.41) is 11.6. The largest absolute Gasteiger partial charge is 0.493 e. The van der Waals surface area contributed by atoms with Crippen LogP contribution in [0.15, 0.2) is 35.7 Å². The van der Waals surface area contributed by atoms with Crippen molar-refractivity contribution in [2.45, 2.75) is 26.4 Å². The molecular weight excluding hydrogens is 244 g/mol. The lowest BCUT2D eigenvalue weighted by molar-refractivity contribution is 0.199. The van der Waals surface area contributed by atoms with Gasteiger partial charge in [0.05, 0.1) is 12.7 Å². The van der Waals surface area contributed by atoms with E-state index < -0.39 is 6.10 Å². The number of aliphatic hydroxyl groups excluding tert-OH is 1. The number of aliphatic hydroxyl groups is 1. The molecule has 1 aromatic heterocycles. The van der Waals surface area contributed by atoms with Crippen LogP contribution in [0.3, 0.4) is 0 Å². The van der Waals surface area contributed by atoms with Crippen LogP contribution in [0.5, 0.6) is 5.75 Å². The fourth-order valence-electron chi connectivity index (χ4n) is 1.81. The van der Waals surface area contributed by atoms with Gasteiger partial charge in [0.15, 0.2) is 0 Å². The van der Waals surface area contributed by atoms with E-state index in [0.717, 1.165) is 23.3 Å². The van der Waals surface area contributed by atoms with E-state index in [1.807, 2.05) is 25.1 Å². The first-order valence-corrected chi connectivity index (χ1v) is 6.98. The van der Waals surface area contributed by atoms with Crippen molar-refractivity contribution in [1.29, 1.82) is 0 Å². The molecule has 0 spiro atoms. The summed E-state index contributed by atoms with van der Waals surface area (Å²) < 4.78 is 5.77. The predicted octanol–water partition coefficient (Wildman–Crippen LogP) is 3.73. The average Bonchev–Trinajstić information content (AvgIpc) is 2.84. The molecule has 0 aliphatic carbocycles. The van der Waals surface area contributed by atoms with Gasteiger partial charge in [0.25, 0.3) is 0 Å². The van der Waals surface area contributed by atoms with Crippen molar-refractivity contribution >= 4 is 11.3 Å². The number of hydrogen-bond donors (Lipinski definition) is 1. The molecule has 1 aromatic carbocycles. The van der Waals surface area contributed by atoms with Crippen molar-refractivity contribution in [3.8, 4) is 5.75 Å². The molecule has 0 radical (unpaired) electrons. The summed E-state index contributed by atoms with van der Waals surface area (Å²) in [4.78, 5) is 1.34. The molecule has 1 unspecified atom stereocenters. The van der Waals surface area contributed by atoms with Gasteiger partial charge in [-0.15, -0.1) is 11.3 Å². The molecule has 0 amide bonds. The summed E-state index contributed by atoms with van der Waals surface area (Å²) in [6, 6.07) is 10.0. The van der Waals surface area contributed by atoms with Crippen LogP contribution in [0.25, 0.3) is 0 Å². The fourth-order valence-corrected chi connectivity index (χ4v) is 2.50. The van der Waals surface area contributed by atoms with Crippen LogP contribution in [0.2, 0.25) is 0 Å². The van der Waals surface area contributed by atoms with E-state index in [2.05, 4.69) is 17.5 Å². The Kier molecular flexibility index (Phi) is 4.39. The highest BCUT2D eigenvalue weighted by atomic mass is 32.1. The Balaban J connectivity index is 1.93. The molecular formula is C15H18O2S. The number of benzene rings is 1. The normalized spacial score (nSPS) is 12.4. The van der Waals surface area contributed by atoms with Gasteiger partial charge < -0.3 is 9.84 Å². The molecule has 0 aliphatic rings. The monoisotopic (exact) mass is 262 g/mol. The molecule has 0 saturated heterocycles. The number of ether oxygens (including phenoxy) is 1.